The molecule has 0 aromatic carbocycles. The van der Waals surface area contributed by atoms with E-state index in [2.05, 4.69) is 6.92 Å². The van der Waals surface area contributed by atoms with Gasteiger partial charge in [0.05, 0.1) is 18.3 Å². The number of aliphatic hydroxyl groups excluding tert-OH is 1. The van der Waals surface area contributed by atoms with Crippen LogP contribution in [0.25, 0.3) is 0 Å². The summed E-state index contributed by atoms with van der Waals surface area (Å²) in [6, 6.07) is 0. The number of cyclic esters (lactones) is 1. The van der Waals surface area contributed by atoms with E-state index in [9.17, 15) is 9.90 Å². The molecule has 2 rings (SSSR count). The van der Waals surface area contributed by atoms with Gasteiger partial charge in [0.15, 0.2) is 0 Å². The minimum absolute atomic E-state index is 0.0112. The maximum atomic E-state index is 11.5. The Morgan fingerprint density at radius 3 is 2.85 bits per heavy atom. The molecule has 2 aliphatic rings. The van der Waals surface area contributed by atoms with Crippen molar-refractivity contribution in [1.82, 2.24) is 0 Å². The molecule has 0 saturated carbocycles. The van der Waals surface area contributed by atoms with Crippen LogP contribution in [0.5, 0.6) is 0 Å². The smallest absolute Gasteiger partial charge is 0.306 e. The molecule has 1 N–H and O–H groups in total. The van der Waals surface area contributed by atoms with Crippen molar-refractivity contribution in [3.63, 3.8) is 0 Å². The number of carbonyl (C=O) groups excluding carboxylic acids is 1. The molecule has 0 spiro atoms. The molecule has 4 nitrogen and oxygen atoms in total. The van der Waals surface area contributed by atoms with Gasteiger partial charge < -0.3 is 14.6 Å². The number of carbonyl (C=O) groups is 1. The fraction of sp³-hybridized carbons (Fsp3) is 0.938. The van der Waals surface area contributed by atoms with E-state index in [1.54, 1.807) is 0 Å². The Morgan fingerprint density at radius 1 is 1.20 bits per heavy atom. The van der Waals surface area contributed by atoms with E-state index >= 15 is 0 Å². The van der Waals surface area contributed by atoms with Crippen molar-refractivity contribution in [3.05, 3.63) is 0 Å². The molecule has 4 heteroatoms. The molecule has 20 heavy (non-hydrogen) atoms. The lowest BCUT2D eigenvalue weighted by molar-refractivity contribution is -0.157. The van der Waals surface area contributed by atoms with Gasteiger partial charge in [0.25, 0.3) is 0 Å². The van der Waals surface area contributed by atoms with Gasteiger partial charge in [0, 0.05) is 6.42 Å². The molecule has 0 unspecified atom stereocenters. The van der Waals surface area contributed by atoms with Gasteiger partial charge in [-0.25, -0.2) is 0 Å². The van der Waals surface area contributed by atoms with E-state index < -0.39 is 0 Å². The zero-order valence-electron chi connectivity index (χ0n) is 12.6. The second kappa shape index (κ2) is 7.99. The summed E-state index contributed by atoms with van der Waals surface area (Å²) in [5, 5.41) is 10.2. The van der Waals surface area contributed by atoms with Crippen LogP contribution in [0.1, 0.15) is 71.1 Å². The number of esters is 1. The minimum atomic E-state index is -0.368. The Hall–Kier alpha value is -0.610. The van der Waals surface area contributed by atoms with Crippen LogP contribution in [0.3, 0.4) is 0 Å². The van der Waals surface area contributed by atoms with Gasteiger partial charge in [-0.05, 0) is 38.5 Å². The number of rotatable bonds is 6. The Balaban J connectivity index is 1.77. The van der Waals surface area contributed by atoms with Gasteiger partial charge in [-0.1, -0.05) is 26.2 Å². The molecule has 2 saturated heterocycles. The number of hydrogen-bond donors (Lipinski definition) is 1. The standard InChI is InChI=1S/C16H28O4/c1-2-3-4-7-12(17)13-10-11-15(19-13)14-8-5-6-9-16(18)20-14/h12-15,17H,2-11H2,1H3/t12-,13+,14-,15-/m1/s1. The molecular formula is C16H28O4. The third-order valence-electron chi connectivity index (χ3n) is 4.43. The molecular weight excluding hydrogens is 256 g/mol. The van der Waals surface area contributed by atoms with E-state index in [1.807, 2.05) is 0 Å². The summed E-state index contributed by atoms with van der Waals surface area (Å²) < 4.78 is 11.4. The first-order chi connectivity index (χ1) is 9.70. The van der Waals surface area contributed by atoms with Crippen LogP contribution in [-0.2, 0) is 14.3 Å². The second-order valence-corrected chi connectivity index (χ2v) is 6.13. The highest BCUT2D eigenvalue weighted by Gasteiger charge is 2.37. The van der Waals surface area contributed by atoms with Crippen molar-refractivity contribution in [2.24, 2.45) is 0 Å². The molecule has 0 bridgehead atoms. The van der Waals surface area contributed by atoms with Crippen molar-refractivity contribution in [3.8, 4) is 0 Å². The largest absolute Gasteiger partial charge is 0.460 e. The van der Waals surface area contributed by atoms with Crippen LogP contribution in [0.4, 0.5) is 0 Å². The molecule has 0 radical (unpaired) electrons. The van der Waals surface area contributed by atoms with Crippen molar-refractivity contribution < 1.29 is 19.4 Å². The highest BCUT2D eigenvalue weighted by Crippen LogP contribution is 2.30. The Bertz CT molecular complexity index is 305. The third kappa shape index (κ3) is 4.45. The molecule has 4 atom stereocenters. The maximum absolute atomic E-state index is 11.5. The quantitative estimate of drug-likeness (QED) is 0.602. The summed E-state index contributed by atoms with van der Waals surface area (Å²) in [5.74, 6) is -0.0944. The second-order valence-electron chi connectivity index (χ2n) is 6.13. The number of ether oxygens (including phenoxy) is 2. The predicted octanol–water partition coefficient (Wildman–Crippen LogP) is 2.96. The molecule has 2 heterocycles. The Labute approximate surface area is 121 Å². The van der Waals surface area contributed by atoms with E-state index in [0.717, 1.165) is 51.4 Å². The van der Waals surface area contributed by atoms with Gasteiger partial charge >= 0.3 is 5.97 Å². The summed E-state index contributed by atoms with van der Waals surface area (Å²) in [6.07, 6.45) is 8.81. The summed E-state index contributed by atoms with van der Waals surface area (Å²) in [5.41, 5.74) is 0. The van der Waals surface area contributed by atoms with E-state index in [-0.39, 0.29) is 30.4 Å². The van der Waals surface area contributed by atoms with Crippen LogP contribution >= 0.6 is 0 Å². The molecule has 0 aromatic rings. The minimum Gasteiger partial charge on any atom is -0.460 e. The number of aliphatic hydroxyl groups is 1. The summed E-state index contributed by atoms with van der Waals surface area (Å²) in [4.78, 5) is 11.5. The number of unbranched alkanes of at least 4 members (excludes halogenated alkanes) is 2. The summed E-state index contributed by atoms with van der Waals surface area (Å²) in [6.45, 7) is 2.16. The molecule has 0 aromatic heterocycles. The first kappa shape index (κ1) is 15.8. The van der Waals surface area contributed by atoms with Crippen LogP contribution < -0.4 is 0 Å². The normalized spacial score (nSPS) is 32.7. The molecule has 2 aliphatic heterocycles. The summed E-state index contributed by atoms with van der Waals surface area (Å²) in [7, 11) is 0. The average Bonchev–Trinajstić information content (AvgIpc) is 2.83. The predicted molar refractivity (Wildman–Crippen MR) is 76.4 cm³/mol. The van der Waals surface area contributed by atoms with E-state index in [0.29, 0.717) is 6.42 Å². The number of hydrogen-bond acceptors (Lipinski definition) is 4. The van der Waals surface area contributed by atoms with Gasteiger partial charge in [-0.15, -0.1) is 0 Å². The topological polar surface area (TPSA) is 55.8 Å². The summed E-state index contributed by atoms with van der Waals surface area (Å²) >= 11 is 0. The lowest BCUT2D eigenvalue weighted by Gasteiger charge is -2.24. The Morgan fingerprint density at radius 2 is 2.05 bits per heavy atom. The molecule has 0 amide bonds. The van der Waals surface area contributed by atoms with Gasteiger partial charge in [-0.2, -0.15) is 0 Å². The van der Waals surface area contributed by atoms with Crippen LogP contribution in [0, 0.1) is 0 Å². The van der Waals surface area contributed by atoms with Crippen molar-refractivity contribution in [1.29, 1.82) is 0 Å². The van der Waals surface area contributed by atoms with Gasteiger partial charge in [0.2, 0.25) is 0 Å². The zero-order chi connectivity index (χ0) is 14.4. The van der Waals surface area contributed by atoms with E-state index in [1.165, 1.54) is 6.42 Å². The van der Waals surface area contributed by atoms with Crippen LogP contribution in [0.2, 0.25) is 0 Å². The highest BCUT2D eigenvalue weighted by atomic mass is 16.6. The van der Waals surface area contributed by atoms with Crippen LogP contribution in [-0.4, -0.2) is 35.5 Å². The highest BCUT2D eigenvalue weighted by molar-refractivity contribution is 5.69. The lowest BCUT2D eigenvalue weighted by Crippen LogP contribution is -2.33. The SMILES string of the molecule is CCCCC[C@@H](O)[C@@H]1CC[C@H]([C@H]2CCCCC(=O)O2)O1. The lowest BCUT2D eigenvalue weighted by atomic mass is 10.0. The fourth-order valence-electron chi connectivity index (χ4n) is 3.20. The van der Waals surface area contributed by atoms with Crippen molar-refractivity contribution in [2.75, 3.05) is 0 Å². The Kier molecular flexibility index (Phi) is 6.30. The first-order valence-corrected chi connectivity index (χ1v) is 8.23. The van der Waals surface area contributed by atoms with E-state index in [4.69, 9.17) is 9.47 Å². The zero-order valence-corrected chi connectivity index (χ0v) is 12.6. The van der Waals surface area contributed by atoms with Crippen molar-refractivity contribution >= 4 is 5.97 Å². The molecule has 2 fully saturated rings. The molecule has 0 aliphatic carbocycles. The first-order valence-electron chi connectivity index (χ1n) is 8.23. The fourth-order valence-corrected chi connectivity index (χ4v) is 3.20. The van der Waals surface area contributed by atoms with Crippen LogP contribution in [0.15, 0.2) is 0 Å². The van der Waals surface area contributed by atoms with Gasteiger partial charge in [0.1, 0.15) is 6.10 Å². The van der Waals surface area contributed by atoms with Gasteiger partial charge in [-0.3, -0.25) is 4.79 Å². The van der Waals surface area contributed by atoms with Crippen molar-refractivity contribution in [2.45, 2.75) is 95.5 Å². The maximum Gasteiger partial charge on any atom is 0.306 e. The molecule has 116 valence electrons. The average molecular weight is 284 g/mol. The monoisotopic (exact) mass is 284 g/mol. The third-order valence-corrected chi connectivity index (χ3v) is 4.43.